The Morgan fingerprint density at radius 3 is 2.69 bits per heavy atom. The van der Waals surface area contributed by atoms with Gasteiger partial charge in [-0.15, -0.1) is 0 Å². The van der Waals surface area contributed by atoms with Crippen molar-refractivity contribution in [3.05, 3.63) is 23.8 Å². The van der Waals surface area contributed by atoms with E-state index >= 15 is 0 Å². The summed E-state index contributed by atoms with van der Waals surface area (Å²) in [5.74, 6) is 2.72. The van der Waals surface area contributed by atoms with E-state index in [1.54, 1.807) is 14.2 Å². The Hall–Kier alpha value is -0.870. The first-order valence-corrected chi connectivity index (χ1v) is 6.62. The molecule has 0 radical (unpaired) electrons. The van der Waals surface area contributed by atoms with Crippen molar-refractivity contribution in [3.8, 4) is 11.5 Å². The van der Waals surface area contributed by atoms with E-state index in [4.69, 9.17) is 9.47 Å². The van der Waals surface area contributed by atoms with Gasteiger partial charge in [0.2, 0.25) is 0 Å². The van der Waals surface area contributed by atoms with Gasteiger partial charge in [-0.05, 0) is 12.3 Å². The van der Waals surface area contributed by atoms with Gasteiger partial charge in [0.25, 0.3) is 0 Å². The van der Waals surface area contributed by atoms with Crippen LogP contribution >= 0.6 is 11.8 Å². The van der Waals surface area contributed by atoms with Crippen LogP contribution in [0.3, 0.4) is 0 Å². The zero-order chi connectivity index (χ0) is 11.8. The van der Waals surface area contributed by atoms with Crippen molar-refractivity contribution in [2.45, 2.75) is 6.54 Å². The number of nitrogens with one attached hydrogen (secondary N) is 1. The van der Waals surface area contributed by atoms with E-state index in [0.29, 0.717) is 0 Å². The van der Waals surface area contributed by atoms with Crippen molar-refractivity contribution < 1.29 is 9.47 Å². The fourth-order valence-corrected chi connectivity index (χ4v) is 1.84. The number of benzene rings is 1. The average molecular weight is 241 g/mol. The Kier molecular flexibility index (Phi) is 6.11. The predicted octanol–water partition coefficient (Wildman–Crippen LogP) is 2.16. The van der Waals surface area contributed by atoms with Crippen molar-refractivity contribution in [1.29, 1.82) is 0 Å². The molecule has 0 aliphatic heterocycles. The van der Waals surface area contributed by atoms with E-state index in [1.165, 1.54) is 0 Å². The summed E-state index contributed by atoms with van der Waals surface area (Å²) in [6.45, 7) is 1.81. The van der Waals surface area contributed by atoms with Crippen molar-refractivity contribution in [3.63, 3.8) is 0 Å². The molecule has 0 aliphatic rings. The molecule has 0 saturated carbocycles. The molecule has 1 N–H and O–H groups in total. The zero-order valence-corrected chi connectivity index (χ0v) is 10.9. The Morgan fingerprint density at radius 1 is 1.25 bits per heavy atom. The second-order valence-corrected chi connectivity index (χ2v) is 4.31. The molecule has 4 heteroatoms. The highest BCUT2D eigenvalue weighted by Gasteiger charge is 2.08. The standard InChI is InChI=1S/C12H19NO2S/c1-14-11-6-4-5-10(12(11)15-2)9-13-7-8-16-3/h4-6,13H,7-9H2,1-3H3. The highest BCUT2D eigenvalue weighted by atomic mass is 32.2. The van der Waals surface area contributed by atoms with Gasteiger partial charge in [-0.3, -0.25) is 0 Å². The summed E-state index contributed by atoms with van der Waals surface area (Å²) in [6.07, 6.45) is 2.10. The fraction of sp³-hybridized carbons (Fsp3) is 0.500. The molecule has 0 heterocycles. The van der Waals surface area contributed by atoms with Gasteiger partial charge in [0, 0.05) is 24.4 Å². The van der Waals surface area contributed by atoms with Crippen LogP contribution in [0.2, 0.25) is 0 Å². The Bertz CT molecular complexity index is 318. The number of para-hydroxylation sites is 1. The fourth-order valence-electron chi connectivity index (χ4n) is 1.49. The largest absolute Gasteiger partial charge is 0.493 e. The van der Waals surface area contributed by atoms with Crippen LogP contribution < -0.4 is 14.8 Å². The van der Waals surface area contributed by atoms with Gasteiger partial charge in [0.1, 0.15) is 0 Å². The van der Waals surface area contributed by atoms with Crippen LogP contribution in [0.25, 0.3) is 0 Å². The zero-order valence-electron chi connectivity index (χ0n) is 10.1. The van der Waals surface area contributed by atoms with Gasteiger partial charge in [0.05, 0.1) is 14.2 Å². The first-order chi connectivity index (χ1) is 7.83. The second-order valence-electron chi connectivity index (χ2n) is 3.32. The highest BCUT2D eigenvalue weighted by molar-refractivity contribution is 7.98. The van der Waals surface area contributed by atoms with Crippen LogP contribution in [0.5, 0.6) is 11.5 Å². The smallest absolute Gasteiger partial charge is 0.165 e. The maximum absolute atomic E-state index is 5.35. The molecule has 0 bridgehead atoms. The van der Waals surface area contributed by atoms with E-state index in [9.17, 15) is 0 Å². The minimum Gasteiger partial charge on any atom is -0.493 e. The van der Waals surface area contributed by atoms with E-state index in [0.717, 1.165) is 35.9 Å². The third-order valence-electron chi connectivity index (χ3n) is 2.28. The molecule has 0 spiro atoms. The second kappa shape index (κ2) is 7.41. The molecule has 0 unspecified atom stereocenters. The van der Waals surface area contributed by atoms with Gasteiger partial charge >= 0.3 is 0 Å². The summed E-state index contributed by atoms with van der Waals surface area (Å²) in [7, 11) is 3.33. The van der Waals surface area contributed by atoms with Crippen LogP contribution in [0.15, 0.2) is 18.2 Å². The molecule has 0 amide bonds. The monoisotopic (exact) mass is 241 g/mol. The van der Waals surface area contributed by atoms with Gasteiger partial charge < -0.3 is 14.8 Å². The normalized spacial score (nSPS) is 10.2. The molecule has 0 aromatic heterocycles. The summed E-state index contributed by atoms with van der Waals surface area (Å²) in [6, 6.07) is 5.94. The van der Waals surface area contributed by atoms with Gasteiger partial charge in [-0.2, -0.15) is 11.8 Å². The number of hydrogen-bond donors (Lipinski definition) is 1. The molecule has 0 aliphatic carbocycles. The van der Waals surface area contributed by atoms with Crippen LogP contribution in [-0.2, 0) is 6.54 Å². The average Bonchev–Trinajstić information content (AvgIpc) is 2.34. The number of methoxy groups -OCH3 is 2. The third-order valence-corrected chi connectivity index (χ3v) is 2.90. The molecule has 1 rings (SSSR count). The highest BCUT2D eigenvalue weighted by Crippen LogP contribution is 2.30. The van der Waals surface area contributed by atoms with Gasteiger partial charge in [-0.25, -0.2) is 0 Å². The van der Waals surface area contributed by atoms with E-state index in [2.05, 4.69) is 11.6 Å². The summed E-state index contributed by atoms with van der Waals surface area (Å²) in [5.41, 5.74) is 1.13. The molecule has 0 saturated heterocycles. The molecule has 1 aromatic rings. The Balaban J connectivity index is 2.63. The maximum atomic E-state index is 5.35. The number of thioether (sulfide) groups is 1. The Labute approximate surface area is 102 Å². The van der Waals surface area contributed by atoms with E-state index in [-0.39, 0.29) is 0 Å². The van der Waals surface area contributed by atoms with Gasteiger partial charge in [-0.1, -0.05) is 12.1 Å². The first kappa shape index (κ1) is 13.2. The summed E-state index contributed by atoms with van der Waals surface area (Å²) >= 11 is 1.84. The van der Waals surface area contributed by atoms with Crippen LogP contribution in [-0.4, -0.2) is 32.8 Å². The van der Waals surface area contributed by atoms with Gasteiger partial charge in [0.15, 0.2) is 11.5 Å². The topological polar surface area (TPSA) is 30.5 Å². The van der Waals surface area contributed by atoms with Crippen LogP contribution in [0.4, 0.5) is 0 Å². The van der Waals surface area contributed by atoms with Crippen LogP contribution in [0.1, 0.15) is 5.56 Å². The minimum atomic E-state index is 0.784. The van der Waals surface area contributed by atoms with Crippen molar-refractivity contribution in [1.82, 2.24) is 5.32 Å². The van der Waals surface area contributed by atoms with Crippen molar-refractivity contribution in [2.75, 3.05) is 32.8 Å². The lowest BCUT2D eigenvalue weighted by Gasteiger charge is -2.12. The van der Waals surface area contributed by atoms with Crippen molar-refractivity contribution in [2.24, 2.45) is 0 Å². The molecule has 90 valence electrons. The number of rotatable bonds is 7. The predicted molar refractivity (Wildman–Crippen MR) is 69.6 cm³/mol. The summed E-state index contributed by atoms with van der Waals surface area (Å²) in [4.78, 5) is 0. The SMILES string of the molecule is COc1cccc(CNCCSC)c1OC. The molecule has 3 nitrogen and oxygen atoms in total. The maximum Gasteiger partial charge on any atom is 0.165 e. The lowest BCUT2D eigenvalue weighted by molar-refractivity contribution is 0.351. The van der Waals surface area contributed by atoms with Crippen molar-refractivity contribution >= 4 is 11.8 Å². The van der Waals surface area contributed by atoms with E-state index < -0.39 is 0 Å². The van der Waals surface area contributed by atoms with E-state index in [1.807, 2.05) is 30.0 Å². The summed E-state index contributed by atoms with van der Waals surface area (Å²) < 4.78 is 10.6. The molecular formula is C12H19NO2S. The molecule has 16 heavy (non-hydrogen) atoms. The first-order valence-electron chi connectivity index (χ1n) is 5.23. The lowest BCUT2D eigenvalue weighted by Crippen LogP contribution is -2.17. The molecule has 1 aromatic carbocycles. The summed E-state index contributed by atoms with van der Waals surface area (Å²) in [5, 5.41) is 3.37. The molecule has 0 atom stereocenters. The minimum absolute atomic E-state index is 0.784. The quantitative estimate of drug-likeness (QED) is 0.741. The molecular weight excluding hydrogens is 222 g/mol. The third kappa shape index (κ3) is 3.61. The van der Waals surface area contributed by atoms with Crippen LogP contribution in [0, 0.1) is 0 Å². The Morgan fingerprint density at radius 2 is 2.06 bits per heavy atom. The molecule has 0 fully saturated rings. The number of ether oxygens (including phenoxy) is 2. The number of hydrogen-bond acceptors (Lipinski definition) is 4. The lowest BCUT2D eigenvalue weighted by atomic mass is 10.2.